The van der Waals surface area contributed by atoms with Gasteiger partial charge in [0, 0.05) is 37.7 Å². The normalized spacial score (nSPS) is 33.6. The summed E-state index contributed by atoms with van der Waals surface area (Å²) in [7, 11) is 0. The lowest BCUT2D eigenvalue weighted by Gasteiger charge is -2.65. The lowest BCUT2D eigenvalue weighted by atomic mass is 9.43. The minimum Gasteiger partial charge on any atom is -0.488 e. The van der Waals surface area contributed by atoms with E-state index in [4.69, 9.17) is 27.9 Å². The third kappa shape index (κ3) is 4.40. The highest BCUT2D eigenvalue weighted by Gasteiger charge is 2.59. The van der Waals surface area contributed by atoms with Crippen molar-refractivity contribution in [3.8, 4) is 5.75 Å². The van der Waals surface area contributed by atoms with Gasteiger partial charge in [-0.25, -0.2) is 0 Å². The molecule has 4 aliphatic carbocycles. The van der Waals surface area contributed by atoms with Crippen LogP contribution in [0.15, 0.2) is 40.9 Å². The Morgan fingerprint density at radius 3 is 2.32 bits per heavy atom. The van der Waals surface area contributed by atoms with Crippen molar-refractivity contribution in [2.24, 2.45) is 16.7 Å². The van der Waals surface area contributed by atoms with Gasteiger partial charge in [-0.2, -0.15) is 0 Å². The van der Waals surface area contributed by atoms with Gasteiger partial charge in [-0.3, -0.25) is 0 Å². The quantitative estimate of drug-likeness (QED) is 0.413. The number of ether oxygens (including phenoxy) is 1. The Morgan fingerprint density at radius 2 is 1.68 bits per heavy atom. The smallest absolute Gasteiger partial charge is 0.124 e. The van der Waals surface area contributed by atoms with Gasteiger partial charge in [-0.15, -0.1) is 0 Å². The van der Waals surface area contributed by atoms with Crippen LogP contribution < -0.4 is 10.1 Å². The van der Waals surface area contributed by atoms with E-state index in [-0.39, 0.29) is 5.54 Å². The summed E-state index contributed by atoms with van der Waals surface area (Å²) < 4.78 is 7.29. The van der Waals surface area contributed by atoms with Gasteiger partial charge < -0.3 is 10.1 Å². The van der Waals surface area contributed by atoms with Crippen molar-refractivity contribution in [2.45, 2.75) is 71.1 Å². The molecule has 0 amide bonds. The van der Waals surface area contributed by atoms with E-state index in [1.165, 1.54) is 44.1 Å². The van der Waals surface area contributed by atoms with Crippen molar-refractivity contribution in [3.05, 3.63) is 62.0 Å². The molecule has 166 valence electrons. The van der Waals surface area contributed by atoms with Crippen LogP contribution in [0.25, 0.3) is 0 Å². The predicted octanol–water partition coefficient (Wildman–Crippen LogP) is 8.17. The fourth-order valence-electron chi connectivity index (χ4n) is 7.57. The molecule has 2 nitrogen and oxygen atoms in total. The van der Waals surface area contributed by atoms with Gasteiger partial charge >= 0.3 is 0 Å². The van der Waals surface area contributed by atoms with E-state index in [0.717, 1.165) is 28.2 Å². The Labute approximate surface area is 204 Å². The molecule has 2 aromatic rings. The first-order valence-electron chi connectivity index (χ1n) is 11.3. The van der Waals surface area contributed by atoms with Crippen molar-refractivity contribution in [1.29, 1.82) is 0 Å². The minimum absolute atomic E-state index is 0.258. The Hall–Kier alpha value is -0.740. The maximum atomic E-state index is 6.34. The van der Waals surface area contributed by atoms with E-state index in [9.17, 15) is 0 Å². The fourth-order valence-corrected chi connectivity index (χ4v) is 8.49. The number of halogens is 3. The first kappa shape index (κ1) is 22.1. The molecule has 0 saturated heterocycles. The largest absolute Gasteiger partial charge is 0.488 e. The molecule has 4 atom stereocenters. The SMILES string of the molecule is C[C@]12CC3CC(NCc4cc(Br)ccc4OCc4c(Cl)cccc4Cl)(C1)C[C@@](C)(C3)C2. The molecule has 0 aliphatic heterocycles. The van der Waals surface area contributed by atoms with E-state index in [1.807, 2.05) is 30.3 Å². The van der Waals surface area contributed by atoms with Crippen LogP contribution in [-0.2, 0) is 13.2 Å². The third-order valence-electron chi connectivity index (χ3n) is 7.74. The molecular weight excluding hydrogens is 493 g/mol. The van der Waals surface area contributed by atoms with Gasteiger partial charge in [0.05, 0.1) is 0 Å². The van der Waals surface area contributed by atoms with E-state index in [0.29, 0.717) is 27.5 Å². The number of hydrogen-bond acceptors (Lipinski definition) is 2. The molecule has 4 saturated carbocycles. The maximum Gasteiger partial charge on any atom is 0.124 e. The van der Waals surface area contributed by atoms with Gasteiger partial charge in [0.25, 0.3) is 0 Å². The molecule has 0 heterocycles. The van der Waals surface area contributed by atoms with Crippen molar-refractivity contribution in [3.63, 3.8) is 0 Å². The van der Waals surface area contributed by atoms with Gasteiger partial charge in [0.1, 0.15) is 12.4 Å². The van der Waals surface area contributed by atoms with Crippen LogP contribution in [0.4, 0.5) is 0 Å². The summed E-state index contributed by atoms with van der Waals surface area (Å²) in [6.45, 7) is 6.21. The zero-order valence-electron chi connectivity index (χ0n) is 18.2. The number of benzene rings is 2. The lowest BCUT2D eigenvalue weighted by molar-refractivity contribution is -0.118. The molecule has 2 unspecified atom stereocenters. The lowest BCUT2D eigenvalue weighted by Crippen LogP contribution is -2.63. The van der Waals surface area contributed by atoms with Crippen LogP contribution in [0, 0.1) is 16.7 Å². The summed E-state index contributed by atoms with van der Waals surface area (Å²) in [6, 6.07) is 11.8. The molecule has 31 heavy (non-hydrogen) atoms. The van der Waals surface area contributed by atoms with Crippen LogP contribution in [0.1, 0.15) is 63.5 Å². The molecule has 4 bridgehead atoms. The van der Waals surface area contributed by atoms with Crippen LogP contribution in [-0.4, -0.2) is 5.54 Å². The number of rotatable bonds is 6. The average Bonchev–Trinajstić information content (AvgIpc) is 2.64. The highest BCUT2D eigenvalue weighted by atomic mass is 79.9. The second kappa shape index (κ2) is 7.94. The Morgan fingerprint density at radius 1 is 1.00 bits per heavy atom. The molecule has 6 rings (SSSR count). The van der Waals surface area contributed by atoms with Gasteiger partial charge in [0.2, 0.25) is 0 Å². The van der Waals surface area contributed by atoms with E-state index >= 15 is 0 Å². The highest BCUT2D eigenvalue weighted by molar-refractivity contribution is 9.10. The summed E-state index contributed by atoms with van der Waals surface area (Å²) in [5.74, 6) is 1.76. The monoisotopic (exact) mass is 521 g/mol. The number of hydrogen-bond donors (Lipinski definition) is 1. The maximum absolute atomic E-state index is 6.34. The second-order valence-electron chi connectivity index (χ2n) is 11.0. The van der Waals surface area contributed by atoms with Crippen molar-refractivity contribution in [1.82, 2.24) is 5.32 Å². The number of nitrogens with one attached hydrogen (secondary N) is 1. The molecule has 1 N–H and O–H groups in total. The Kier molecular flexibility index (Phi) is 5.65. The van der Waals surface area contributed by atoms with Gasteiger partial charge in [0.15, 0.2) is 0 Å². The molecule has 0 radical (unpaired) electrons. The van der Waals surface area contributed by atoms with Crippen LogP contribution >= 0.6 is 39.1 Å². The Bertz CT molecular complexity index is 971. The minimum atomic E-state index is 0.258. The molecule has 4 fully saturated rings. The Balaban J connectivity index is 1.34. The summed E-state index contributed by atoms with van der Waals surface area (Å²) in [5, 5.41) is 5.31. The first-order valence-corrected chi connectivity index (χ1v) is 12.8. The van der Waals surface area contributed by atoms with Crippen LogP contribution in [0.2, 0.25) is 10.0 Å². The van der Waals surface area contributed by atoms with Crippen molar-refractivity contribution >= 4 is 39.1 Å². The third-order valence-corrected chi connectivity index (χ3v) is 8.94. The van der Waals surface area contributed by atoms with Crippen molar-refractivity contribution in [2.75, 3.05) is 0 Å². The topological polar surface area (TPSA) is 21.3 Å². The van der Waals surface area contributed by atoms with Gasteiger partial charge in [-0.1, -0.05) is 59.0 Å². The average molecular weight is 523 g/mol. The van der Waals surface area contributed by atoms with Crippen LogP contribution in [0.5, 0.6) is 5.75 Å². The molecule has 0 aromatic heterocycles. The predicted molar refractivity (Wildman–Crippen MR) is 132 cm³/mol. The second-order valence-corrected chi connectivity index (χ2v) is 12.7. The zero-order valence-corrected chi connectivity index (χ0v) is 21.3. The molecule has 0 spiro atoms. The van der Waals surface area contributed by atoms with Crippen molar-refractivity contribution < 1.29 is 4.74 Å². The first-order chi connectivity index (χ1) is 14.7. The standard InChI is InChI=1S/C26H30BrCl2NO/c1-24-9-17-10-25(2,14-24)16-26(11-17,15-24)30-12-18-8-19(27)6-7-23(18)31-13-20-21(28)4-3-5-22(20)29/h3-8,17,30H,9-16H2,1-2H3/t17?,24-,25+,26?. The molecule has 4 aliphatic rings. The molecular formula is C26H30BrCl2NO. The highest BCUT2D eigenvalue weighted by Crippen LogP contribution is 2.66. The van der Waals surface area contributed by atoms with E-state index < -0.39 is 0 Å². The van der Waals surface area contributed by atoms with Gasteiger partial charge in [-0.05, 0) is 85.6 Å². The molecule has 2 aromatic carbocycles. The summed E-state index contributed by atoms with van der Waals surface area (Å²) in [4.78, 5) is 0. The van der Waals surface area contributed by atoms with E-state index in [1.54, 1.807) is 0 Å². The van der Waals surface area contributed by atoms with Crippen LogP contribution in [0.3, 0.4) is 0 Å². The summed E-state index contributed by atoms with van der Waals surface area (Å²) in [6.07, 6.45) is 8.13. The zero-order chi connectivity index (χ0) is 21.9. The summed E-state index contributed by atoms with van der Waals surface area (Å²) >= 11 is 16.3. The molecule has 5 heteroatoms. The van der Waals surface area contributed by atoms with E-state index in [2.05, 4.69) is 41.2 Å². The summed E-state index contributed by atoms with van der Waals surface area (Å²) in [5.41, 5.74) is 3.25. The fraction of sp³-hybridized carbons (Fsp3) is 0.538.